The van der Waals surface area contributed by atoms with Gasteiger partial charge in [-0.15, -0.1) is 11.7 Å². The van der Waals surface area contributed by atoms with Crippen LogP contribution in [0.3, 0.4) is 0 Å². The molecule has 102 valence electrons. The van der Waals surface area contributed by atoms with Crippen molar-refractivity contribution in [3.05, 3.63) is 24.5 Å². The summed E-state index contributed by atoms with van der Waals surface area (Å²) < 4.78 is 6.50. The molecule has 0 aliphatic carbocycles. The van der Waals surface area contributed by atoms with Crippen molar-refractivity contribution in [3.8, 4) is 0 Å². The molecule has 1 saturated heterocycles. The van der Waals surface area contributed by atoms with Gasteiger partial charge in [0.2, 0.25) is 0 Å². The molecule has 0 radical (unpaired) electrons. The van der Waals surface area contributed by atoms with Gasteiger partial charge in [-0.05, 0) is 6.42 Å². The van der Waals surface area contributed by atoms with E-state index in [-0.39, 0.29) is 5.69 Å². The van der Waals surface area contributed by atoms with E-state index in [1.54, 1.807) is 6.08 Å². The standard InChI is InChI=1S/C11H14N4O4/c1-2-4-15-6-8(13-14-15)10(16)12-7-3-5-19-9(7)11(17)18/h2,6-7,9H,1,3-5H2,(H,12,16)(H,17,18)/t7-,9+/m0/s1. The van der Waals surface area contributed by atoms with Gasteiger partial charge in [0, 0.05) is 6.61 Å². The summed E-state index contributed by atoms with van der Waals surface area (Å²) >= 11 is 0. The molecule has 0 bridgehead atoms. The summed E-state index contributed by atoms with van der Waals surface area (Å²) in [4.78, 5) is 22.8. The fourth-order valence-corrected chi connectivity index (χ4v) is 1.85. The van der Waals surface area contributed by atoms with E-state index in [1.807, 2.05) is 0 Å². The second-order valence-electron chi connectivity index (χ2n) is 4.11. The van der Waals surface area contributed by atoms with Crippen molar-refractivity contribution in [2.24, 2.45) is 0 Å². The van der Waals surface area contributed by atoms with Crippen LogP contribution in [-0.4, -0.2) is 50.7 Å². The summed E-state index contributed by atoms with van der Waals surface area (Å²) in [5.74, 6) is -1.55. The molecule has 19 heavy (non-hydrogen) atoms. The number of amides is 1. The Labute approximate surface area is 109 Å². The number of aliphatic carboxylic acids is 1. The van der Waals surface area contributed by atoms with Gasteiger partial charge in [0.05, 0.1) is 18.8 Å². The quantitative estimate of drug-likeness (QED) is 0.692. The molecule has 2 N–H and O–H groups in total. The third-order valence-corrected chi connectivity index (χ3v) is 2.74. The highest BCUT2D eigenvalue weighted by molar-refractivity contribution is 5.92. The molecule has 1 fully saturated rings. The Bertz CT molecular complexity index is 499. The maximum Gasteiger partial charge on any atom is 0.334 e. The average Bonchev–Trinajstić information content (AvgIpc) is 2.98. The number of carbonyl (C=O) groups excluding carboxylic acids is 1. The van der Waals surface area contributed by atoms with Gasteiger partial charge in [-0.25, -0.2) is 9.48 Å². The molecule has 1 aromatic heterocycles. The maximum absolute atomic E-state index is 11.9. The minimum absolute atomic E-state index is 0.137. The largest absolute Gasteiger partial charge is 0.479 e. The third kappa shape index (κ3) is 2.97. The topological polar surface area (TPSA) is 106 Å². The van der Waals surface area contributed by atoms with Gasteiger partial charge in [0.1, 0.15) is 0 Å². The number of carbonyl (C=O) groups is 2. The van der Waals surface area contributed by atoms with Crippen molar-refractivity contribution >= 4 is 11.9 Å². The molecule has 1 aromatic rings. The molecule has 8 heteroatoms. The SMILES string of the molecule is C=CCn1cc(C(=O)N[C@H]2CCO[C@H]2C(=O)O)nn1. The Kier molecular flexibility index (Phi) is 3.91. The van der Waals surface area contributed by atoms with Crippen molar-refractivity contribution in [1.29, 1.82) is 0 Å². The third-order valence-electron chi connectivity index (χ3n) is 2.74. The van der Waals surface area contributed by atoms with E-state index in [0.717, 1.165) is 0 Å². The predicted octanol–water partition coefficient (Wildman–Crippen LogP) is -0.564. The maximum atomic E-state index is 11.9. The van der Waals surface area contributed by atoms with Crippen LogP contribution >= 0.6 is 0 Å². The van der Waals surface area contributed by atoms with E-state index < -0.39 is 24.0 Å². The molecule has 2 rings (SSSR count). The van der Waals surface area contributed by atoms with E-state index in [2.05, 4.69) is 22.2 Å². The molecule has 1 aliphatic heterocycles. The monoisotopic (exact) mass is 266 g/mol. The summed E-state index contributed by atoms with van der Waals surface area (Å²) in [5, 5.41) is 19.0. The number of allylic oxidation sites excluding steroid dienone is 1. The molecule has 1 aliphatic rings. The van der Waals surface area contributed by atoms with Crippen LogP contribution in [0.15, 0.2) is 18.9 Å². The van der Waals surface area contributed by atoms with Gasteiger partial charge in [0.15, 0.2) is 11.8 Å². The van der Waals surface area contributed by atoms with Gasteiger partial charge in [0.25, 0.3) is 5.91 Å². The molecular formula is C11H14N4O4. The first-order chi connectivity index (χ1) is 9.11. The van der Waals surface area contributed by atoms with Gasteiger partial charge in [-0.3, -0.25) is 4.79 Å². The zero-order chi connectivity index (χ0) is 13.8. The van der Waals surface area contributed by atoms with Crippen LogP contribution in [0.25, 0.3) is 0 Å². The van der Waals surface area contributed by atoms with Gasteiger partial charge >= 0.3 is 5.97 Å². The fraction of sp³-hybridized carbons (Fsp3) is 0.455. The van der Waals surface area contributed by atoms with Crippen LogP contribution in [0.2, 0.25) is 0 Å². The van der Waals surface area contributed by atoms with Crippen molar-refractivity contribution in [2.45, 2.75) is 25.1 Å². The fourth-order valence-electron chi connectivity index (χ4n) is 1.85. The van der Waals surface area contributed by atoms with Crippen LogP contribution in [-0.2, 0) is 16.1 Å². The lowest BCUT2D eigenvalue weighted by atomic mass is 10.1. The molecule has 2 heterocycles. The van der Waals surface area contributed by atoms with Crippen LogP contribution in [0.1, 0.15) is 16.9 Å². The highest BCUT2D eigenvalue weighted by atomic mass is 16.5. The Morgan fingerprint density at radius 2 is 2.47 bits per heavy atom. The highest BCUT2D eigenvalue weighted by Crippen LogP contribution is 2.14. The Balaban J connectivity index is 1.99. The first-order valence-electron chi connectivity index (χ1n) is 5.78. The van der Waals surface area contributed by atoms with Crippen LogP contribution in [0, 0.1) is 0 Å². The van der Waals surface area contributed by atoms with Crippen LogP contribution in [0.4, 0.5) is 0 Å². The zero-order valence-corrected chi connectivity index (χ0v) is 10.2. The number of hydrogen-bond acceptors (Lipinski definition) is 5. The molecule has 0 aromatic carbocycles. The number of ether oxygens (including phenoxy) is 1. The molecule has 2 atom stereocenters. The van der Waals surface area contributed by atoms with Gasteiger partial charge in [-0.1, -0.05) is 11.3 Å². The molecule has 0 spiro atoms. The number of nitrogens with zero attached hydrogens (tertiary/aromatic N) is 3. The lowest BCUT2D eigenvalue weighted by Crippen LogP contribution is -2.44. The number of carboxylic acids is 1. The van der Waals surface area contributed by atoms with Crippen molar-refractivity contribution in [1.82, 2.24) is 20.3 Å². The highest BCUT2D eigenvalue weighted by Gasteiger charge is 2.35. The number of aromatic nitrogens is 3. The van der Waals surface area contributed by atoms with Crippen molar-refractivity contribution < 1.29 is 19.4 Å². The average molecular weight is 266 g/mol. The first-order valence-corrected chi connectivity index (χ1v) is 5.78. The van der Waals surface area contributed by atoms with E-state index in [1.165, 1.54) is 10.9 Å². The lowest BCUT2D eigenvalue weighted by Gasteiger charge is -2.15. The summed E-state index contributed by atoms with van der Waals surface area (Å²) in [6.45, 7) is 4.31. The van der Waals surface area contributed by atoms with E-state index in [9.17, 15) is 9.59 Å². The summed E-state index contributed by atoms with van der Waals surface area (Å²) in [6, 6.07) is -0.547. The number of nitrogens with one attached hydrogen (secondary N) is 1. The normalized spacial score (nSPS) is 22.1. The van der Waals surface area contributed by atoms with Crippen LogP contribution in [0.5, 0.6) is 0 Å². The van der Waals surface area contributed by atoms with Gasteiger partial charge in [-0.2, -0.15) is 0 Å². The molecule has 8 nitrogen and oxygen atoms in total. The van der Waals surface area contributed by atoms with Gasteiger partial charge < -0.3 is 15.2 Å². The first kappa shape index (κ1) is 13.2. The molecule has 1 amide bonds. The summed E-state index contributed by atoms with van der Waals surface area (Å²) in [5.41, 5.74) is 0.137. The van der Waals surface area contributed by atoms with Crippen LogP contribution < -0.4 is 5.32 Å². The number of hydrogen-bond donors (Lipinski definition) is 2. The minimum atomic E-state index is -1.09. The smallest absolute Gasteiger partial charge is 0.334 e. The lowest BCUT2D eigenvalue weighted by molar-refractivity contribution is -0.148. The minimum Gasteiger partial charge on any atom is -0.479 e. The molecule has 0 saturated carbocycles. The number of carboxylic acid groups (broad SMARTS) is 1. The summed E-state index contributed by atoms with van der Waals surface area (Å²) in [7, 11) is 0. The predicted molar refractivity (Wildman–Crippen MR) is 63.5 cm³/mol. The van der Waals surface area contributed by atoms with E-state index in [4.69, 9.17) is 9.84 Å². The van der Waals surface area contributed by atoms with E-state index >= 15 is 0 Å². The summed E-state index contributed by atoms with van der Waals surface area (Å²) in [6.07, 6.45) is 2.56. The Morgan fingerprint density at radius 3 is 3.16 bits per heavy atom. The van der Waals surface area contributed by atoms with E-state index in [0.29, 0.717) is 19.6 Å². The van der Waals surface area contributed by atoms with Crippen molar-refractivity contribution in [3.63, 3.8) is 0 Å². The molecular weight excluding hydrogens is 252 g/mol. The zero-order valence-electron chi connectivity index (χ0n) is 10.2. The van der Waals surface area contributed by atoms with Crippen molar-refractivity contribution in [2.75, 3.05) is 6.61 Å². The Hall–Kier alpha value is -2.22. The molecule has 0 unspecified atom stereocenters. The Morgan fingerprint density at radius 1 is 1.68 bits per heavy atom. The number of rotatable bonds is 5. The second kappa shape index (κ2) is 5.61. The second-order valence-corrected chi connectivity index (χ2v) is 4.11.